The molecule has 1 aliphatic rings. The quantitative estimate of drug-likeness (QED) is 0.871. The largest absolute Gasteiger partial charge is 0.350 e. The van der Waals surface area contributed by atoms with Gasteiger partial charge in [0, 0.05) is 25.0 Å². The monoisotopic (exact) mass is 282 g/mol. The number of amides is 1. The van der Waals surface area contributed by atoms with Crippen LogP contribution in [-0.4, -0.2) is 61.5 Å². The molecular formula is C13H22N4OS. The molecule has 1 aliphatic heterocycles. The number of carbonyl (C=O) groups excluding carboxylic acids is 1. The summed E-state index contributed by atoms with van der Waals surface area (Å²) in [6.07, 6.45) is 1.17. The Labute approximate surface area is 118 Å². The first-order valence-corrected chi connectivity index (χ1v) is 7.48. The van der Waals surface area contributed by atoms with Crippen LogP contribution in [0.3, 0.4) is 0 Å². The van der Waals surface area contributed by atoms with Gasteiger partial charge < -0.3 is 15.1 Å². The molecule has 2 rings (SSSR count). The molecule has 0 radical (unpaired) electrons. The fraction of sp³-hybridized carbons (Fsp3) is 0.692. The summed E-state index contributed by atoms with van der Waals surface area (Å²) in [5.41, 5.74) is 0.549. The van der Waals surface area contributed by atoms with E-state index in [1.165, 1.54) is 6.42 Å². The van der Waals surface area contributed by atoms with Gasteiger partial charge in [-0.2, -0.15) is 0 Å². The molecule has 0 spiro atoms. The molecule has 0 saturated carbocycles. The minimum atomic E-state index is -0.0455. The SMILES string of the molecule is CN(C)Cc1nc(C(=O)NC[C@H]2CCN(C)C2)cs1. The maximum Gasteiger partial charge on any atom is 0.270 e. The lowest BCUT2D eigenvalue weighted by molar-refractivity contribution is 0.0943. The zero-order chi connectivity index (χ0) is 13.8. The molecule has 0 aromatic carbocycles. The minimum absolute atomic E-state index is 0.0455. The van der Waals surface area contributed by atoms with Gasteiger partial charge in [-0.1, -0.05) is 0 Å². The van der Waals surface area contributed by atoms with Crippen molar-refractivity contribution < 1.29 is 4.79 Å². The van der Waals surface area contributed by atoms with E-state index >= 15 is 0 Å². The van der Waals surface area contributed by atoms with E-state index in [9.17, 15) is 4.79 Å². The van der Waals surface area contributed by atoms with Crippen LogP contribution in [0.25, 0.3) is 0 Å². The standard InChI is InChI=1S/C13H22N4OS/c1-16(2)8-12-15-11(9-19-12)13(18)14-6-10-4-5-17(3)7-10/h9-10H,4-8H2,1-3H3,(H,14,18)/t10-/m1/s1. The average Bonchev–Trinajstić information content (AvgIpc) is 2.95. The number of carbonyl (C=O) groups is 1. The number of nitrogens with zero attached hydrogens (tertiary/aromatic N) is 3. The second-order valence-electron chi connectivity index (χ2n) is 5.49. The Kier molecular flexibility index (Phi) is 4.90. The fourth-order valence-corrected chi connectivity index (χ4v) is 3.17. The van der Waals surface area contributed by atoms with Crippen LogP contribution < -0.4 is 5.32 Å². The van der Waals surface area contributed by atoms with Crippen LogP contribution in [-0.2, 0) is 6.54 Å². The Balaban J connectivity index is 1.81. The van der Waals surface area contributed by atoms with Crippen LogP contribution >= 0.6 is 11.3 Å². The van der Waals surface area contributed by atoms with Crippen LogP contribution in [0.5, 0.6) is 0 Å². The van der Waals surface area contributed by atoms with Crippen molar-refractivity contribution in [1.82, 2.24) is 20.1 Å². The second-order valence-corrected chi connectivity index (χ2v) is 6.43. The Bertz CT molecular complexity index is 432. The molecule has 1 amide bonds. The number of hydrogen-bond acceptors (Lipinski definition) is 5. The van der Waals surface area contributed by atoms with Crippen molar-refractivity contribution in [3.8, 4) is 0 Å². The average molecular weight is 282 g/mol. The molecule has 1 fully saturated rings. The van der Waals surface area contributed by atoms with E-state index in [0.29, 0.717) is 11.6 Å². The van der Waals surface area contributed by atoms with Gasteiger partial charge in [0.2, 0.25) is 0 Å². The van der Waals surface area contributed by atoms with E-state index in [1.54, 1.807) is 11.3 Å². The highest BCUT2D eigenvalue weighted by Crippen LogP contribution is 2.14. The maximum absolute atomic E-state index is 12.0. The van der Waals surface area contributed by atoms with Crippen LogP contribution in [0, 0.1) is 5.92 Å². The minimum Gasteiger partial charge on any atom is -0.350 e. The third kappa shape index (κ3) is 4.26. The second kappa shape index (κ2) is 6.45. The van der Waals surface area contributed by atoms with Crippen molar-refractivity contribution in [2.45, 2.75) is 13.0 Å². The third-order valence-corrected chi connectivity index (χ3v) is 4.11. The number of thiazole rings is 1. The van der Waals surface area contributed by atoms with Gasteiger partial charge in [-0.25, -0.2) is 4.98 Å². The van der Waals surface area contributed by atoms with Gasteiger partial charge in [0.1, 0.15) is 10.7 Å². The molecule has 0 bridgehead atoms. The van der Waals surface area contributed by atoms with E-state index in [1.807, 2.05) is 19.5 Å². The highest BCUT2D eigenvalue weighted by molar-refractivity contribution is 7.09. The molecule has 1 atom stereocenters. The Hall–Kier alpha value is -0.980. The summed E-state index contributed by atoms with van der Waals surface area (Å²) in [6.45, 7) is 3.74. The van der Waals surface area contributed by atoms with Crippen molar-refractivity contribution >= 4 is 17.2 Å². The normalized spacial score (nSPS) is 20.1. The van der Waals surface area contributed by atoms with E-state index in [2.05, 4.69) is 27.1 Å². The molecule has 1 aromatic heterocycles. The molecule has 1 aromatic rings. The van der Waals surface area contributed by atoms with Crippen molar-refractivity contribution in [2.24, 2.45) is 5.92 Å². The van der Waals surface area contributed by atoms with E-state index in [0.717, 1.165) is 31.2 Å². The van der Waals surface area contributed by atoms with Crippen molar-refractivity contribution in [3.05, 3.63) is 16.1 Å². The van der Waals surface area contributed by atoms with Crippen LogP contribution in [0.2, 0.25) is 0 Å². The summed E-state index contributed by atoms with van der Waals surface area (Å²) in [4.78, 5) is 20.7. The molecular weight excluding hydrogens is 260 g/mol. The van der Waals surface area contributed by atoms with Crippen LogP contribution in [0.15, 0.2) is 5.38 Å². The lowest BCUT2D eigenvalue weighted by atomic mass is 10.1. The molecule has 1 N–H and O–H groups in total. The van der Waals surface area contributed by atoms with Gasteiger partial charge in [-0.15, -0.1) is 11.3 Å². The lowest BCUT2D eigenvalue weighted by Gasteiger charge is -2.10. The Morgan fingerprint density at radius 3 is 3.05 bits per heavy atom. The summed E-state index contributed by atoms with van der Waals surface area (Å²) >= 11 is 1.54. The van der Waals surface area contributed by atoms with Gasteiger partial charge in [0.15, 0.2) is 0 Å². The molecule has 1 saturated heterocycles. The predicted octanol–water partition coefficient (Wildman–Crippen LogP) is 0.886. The zero-order valence-corrected chi connectivity index (χ0v) is 12.7. The van der Waals surface area contributed by atoms with Gasteiger partial charge in [-0.05, 0) is 40.0 Å². The number of likely N-dealkylation sites (tertiary alicyclic amines) is 1. The number of rotatable bonds is 5. The number of aromatic nitrogens is 1. The first-order valence-electron chi connectivity index (χ1n) is 6.60. The van der Waals surface area contributed by atoms with Gasteiger partial charge >= 0.3 is 0 Å². The fourth-order valence-electron chi connectivity index (χ4n) is 2.28. The van der Waals surface area contributed by atoms with Crippen molar-refractivity contribution in [3.63, 3.8) is 0 Å². The number of hydrogen-bond donors (Lipinski definition) is 1. The summed E-state index contributed by atoms with van der Waals surface area (Å²) in [7, 11) is 6.12. The molecule has 5 nitrogen and oxygen atoms in total. The van der Waals surface area contributed by atoms with Crippen LogP contribution in [0.1, 0.15) is 21.9 Å². The molecule has 6 heteroatoms. The van der Waals surface area contributed by atoms with Gasteiger partial charge in [0.25, 0.3) is 5.91 Å². The van der Waals surface area contributed by atoms with Gasteiger partial charge in [-0.3, -0.25) is 4.79 Å². The Morgan fingerprint density at radius 1 is 1.63 bits per heavy atom. The van der Waals surface area contributed by atoms with Crippen molar-refractivity contribution in [1.29, 1.82) is 0 Å². The molecule has 106 valence electrons. The molecule has 0 aliphatic carbocycles. The predicted molar refractivity (Wildman–Crippen MR) is 77.4 cm³/mol. The summed E-state index contributed by atoms with van der Waals surface area (Å²) in [5.74, 6) is 0.532. The third-order valence-electron chi connectivity index (χ3n) is 3.28. The number of nitrogens with one attached hydrogen (secondary N) is 1. The highest BCUT2D eigenvalue weighted by atomic mass is 32.1. The van der Waals surface area contributed by atoms with Gasteiger partial charge in [0.05, 0.1) is 0 Å². The smallest absolute Gasteiger partial charge is 0.270 e. The van der Waals surface area contributed by atoms with Crippen LogP contribution in [0.4, 0.5) is 0 Å². The topological polar surface area (TPSA) is 48.5 Å². The van der Waals surface area contributed by atoms with E-state index in [-0.39, 0.29) is 5.91 Å². The first kappa shape index (κ1) is 14.4. The Morgan fingerprint density at radius 2 is 2.42 bits per heavy atom. The molecule has 2 heterocycles. The first-order chi connectivity index (χ1) is 9.04. The lowest BCUT2D eigenvalue weighted by Crippen LogP contribution is -2.30. The maximum atomic E-state index is 12.0. The summed E-state index contributed by atoms with van der Waals surface area (Å²) in [5, 5.41) is 5.82. The highest BCUT2D eigenvalue weighted by Gasteiger charge is 2.20. The molecule has 0 unspecified atom stereocenters. The van der Waals surface area contributed by atoms with Crippen molar-refractivity contribution in [2.75, 3.05) is 40.8 Å². The van der Waals surface area contributed by atoms with E-state index in [4.69, 9.17) is 0 Å². The summed E-state index contributed by atoms with van der Waals surface area (Å²) in [6, 6.07) is 0. The molecule has 19 heavy (non-hydrogen) atoms. The zero-order valence-electron chi connectivity index (χ0n) is 11.8. The summed E-state index contributed by atoms with van der Waals surface area (Å²) < 4.78 is 0. The van der Waals surface area contributed by atoms with E-state index < -0.39 is 0 Å².